The minimum Gasteiger partial charge on any atom is -0.481 e. The zero-order valence-electron chi connectivity index (χ0n) is 10.4. The second-order valence-corrected chi connectivity index (χ2v) is 4.15. The third-order valence-electron chi connectivity index (χ3n) is 2.30. The molecule has 0 bridgehead atoms. The van der Waals surface area contributed by atoms with Crippen molar-refractivity contribution < 1.29 is 19.5 Å². The first-order valence-corrected chi connectivity index (χ1v) is 5.70. The topological polar surface area (TPSA) is 108 Å². The highest BCUT2D eigenvalue weighted by Crippen LogP contribution is 2.06. The summed E-state index contributed by atoms with van der Waals surface area (Å²) in [5.41, 5.74) is 4.78. The molecular formula is C12H15N3O4. The lowest BCUT2D eigenvalue weighted by Crippen LogP contribution is -2.42. The van der Waals surface area contributed by atoms with Crippen molar-refractivity contribution in [1.29, 1.82) is 0 Å². The minimum absolute atomic E-state index is 0.0274. The number of nitrogens with zero attached hydrogens (tertiary/aromatic N) is 1. The second kappa shape index (κ2) is 7.10. The van der Waals surface area contributed by atoms with Crippen molar-refractivity contribution in [2.24, 2.45) is 5.92 Å². The van der Waals surface area contributed by atoms with E-state index in [4.69, 9.17) is 5.11 Å². The maximum absolute atomic E-state index is 11.6. The van der Waals surface area contributed by atoms with Crippen LogP contribution < -0.4 is 10.9 Å². The van der Waals surface area contributed by atoms with Crippen LogP contribution in [0.1, 0.15) is 30.1 Å². The minimum atomic E-state index is -0.959. The largest absolute Gasteiger partial charge is 0.481 e. The first kappa shape index (κ1) is 14.6. The zero-order chi connectivity index (χ0) is 14.3. The summed E-state index contributed by atoms with van der Waals surface area (Å²) in [4.78, 5) is 37.2. The molecule has 0 fully saturated rings. The van der Waals surface area contributed by atoms with E-state index in [2.05, 4.69) is 15.8 Å². The Morgan fingerprint density at radius 3 is 2.63 bits per heavy atom. The number of amides is 2. The number of carbonyl (C=O) groups is 3. The highest BCUT2D eigenvalue weighted by Gasteiger charge is 2.13. The molecule has 1 aromatic rings. The Bertz CT molecular complexity index is 461. The summed E-state index contributed by atoms with van der Waals surface area (Å²) >= 11 is 0. The van der Waals surface area contributed by atoms with Crippen molar-refractivity contribution in [2.75, 3.05) is 0 Å². The molecule has 0 aliphatic rings. The molecule has 102 valence electrons. The monoisotopic (exact) mass is 265 g/mol. The van der Waals surface area contributed by atoms with E-state index in [1.165, 1.54) is 12.4 Å². The number of carboxylic acids is 1. The van der Waals surface area contributed by atoms with Crippen LogP contribution in [0, 0.1) is 5.92 Å². The molecule has 1 aromatic heterocycles. The first-order valence-electron chi connectivity index (χ1n) is 5.70. The van der Waals surface area contributed by atoms with E-state index in [0.717, 1.165) is 0 Å². The number of aliphatic carboxylic acids is 1. The number of aromatic nitrogens is 1. The molecule has 1 heterocycles. The van der Waals surface area contributed by atoms with Gasteiger partial charge >= 0.3 is 5.97 Å². The fourth-order valence-electron chi connectivity index (χ4n) is 1.43. The van der Waals surface area contributed by atoms with Crippen molar-refractivity contribution in [2.45, 2.75) is 19.8 Å². The quantitative estimate of drug-likeness (QED) is 0.665. The van der Waals surface area contributed by atoms with Gasteiger partial charge in [0.05, 0.1) is 5.56 Å². The molecule has 7 nitrogen and oxygen atoms in total. The van der Waals surface area contributed by atoms with E-state index in [-0.39, 0.29) is 18.8 Å². The zero-order valence-corrected chi connectivity index (χ0v) is 10.4. The van der Waals surface area contributed by atoms with Gasteiger partial charge in [-0.15, -0.1) is 0 Å². The average Bonchev–Trinajstić information content (AvgIpc) is 2.36. The number of rotatable bonds is 5. The number of pyridine rings is 1. The van der Waals surface area contributed by atoms with Gasteiger partial charge in [0.1, 0.15) is 0 Å². The molecular weight excluding hydrogens is 250 g/mol. The molecule has 1 rings (SSSR count). The molecule has 7 heteroatoms. The predicted octanol–water partition coefficient (Wildman–Crippen LogP) is 0.344. The van der Waals surface area contributed by atoms with Crippen LogP contribution in [-0.4, -0.2) is 27.9 Å². The van der Waals surface area contributed by atoms with E-state index in [1.54, 1.807) is 19.1 Å². The van der Waals surface area contributed by atoms with Crippen LogP contribution in [0.25, 0.3) is 0 Å². The maximum Gasteiger partial charge on any atom is 0.303 e. The fourth-order valence-corrected chi connectivity index (χ4v) is 1.43. The first-order chi connectivity index (χ1) is 8.99. The average molecular weight is 265 g/mol. The maximum atomic E-state index is 11.6. The van der Waals surface area contributed by atoms with Crippen molar-refractivity contribution in [3.63, 3.8) is 0 Å². The summed E-state index contributed by atoms with van der Waals surface area (Å²) in [5.74, 6) is -2.18. The van der Waals surface area contributed by atoms with Gasteiger partial charge in [-0.25, -0.2) is 0 Å². The third kappa shape index (κ3) is 5.62. The van der Waals surface area contributed by atoms with Crippen molar-refractivity contribution >= 4 is 17.8 Å². The highest BCUT2D eigenvalue weighted by molar-refractivity contribution is 5.95. The summed E-state index contributed by atoms with van der Waals surface area (Å²) in [6.07, 6.45) is 2.83. The molecule has 1 atom stereocenters. The molecule has 19 heavy (non-hydrogen) atoms. The predicted molar refractivity (Wildman–Crippen MR) is 65.9 cm³/mol. The lowest BCUT2D eigenvalue weighted by Gasteiger charge is -2.10. The summed E-state index contributed by atoms with van der Waals surface area (Å²) in [6, 6.07) is 3.16. The molecule has 0 aliphatic heterocycles. The third-order valence-corrected chi connectivity index (χ3v) is 2.30. The lowest BCUT2D eigenvalue weighted by molar-refractivity contribution is -0.138. The molecule has 3 N–H and O–H groups in total. The fraction of sp³-hybridized carbons (Fsp3) is 0.333. The molecule has 2 amide bonds. The van der Waals surface area contributed by atoms with Crippen LogP contribution in [0.3, 0.4) is 0 Å². The van der Waals surface area contributed by atoms with E-state index >= 15 is 0 Å². The Balaban J connectivity index is 2.34. The Hall–Kier alpha value is -2.44. The molecule has 0 aliphatic carbocycles. The van der Waals surface area contributed by atoms with Gasteiger partial charge in [0, 0.05) is 25.2 Å². The molecule has 1 unspecified atom stereocenters. The molecule has 0 spiro atoms. The van der Waals surface area contributed by atoms with E-state index in [1.807, 2.05) is 0 Å². The standard InChI is InChI=1S/C12H15N3O4/c1-8(6-11(17)18)5-10(16)14-15-12(19)9-3-2-4-13-7-9/h2-4,7-8H,5-6H2,1H3,(H,14,16)(H,15,19)(H,17,18). The van der Waals surface area contributed by atoms with Crippen LogP contribution in [0.2, 0.25) is 0 Å². The van der Waals surface area contributed by atoms with Crippen LogP contribution in [-0.2, 0) is 9.59 Å². The van der Waals surface area contributed by atoms with Crippen molar-refractivity contribution in [1.82, 2.24) is 15.8 Å². The van der Waals surface area contributed by atoms with Gasteiger partial charge in [-0.2, -0.15) is 0 Å². The van der Waals surface area contributed by atoms with Gasteiger partial charge in [-0.05, 0) is 18.1 Å². The Morgan fingerprint density at radius 2 is 2.05 bits per heavy atom. The van der Waals surface area contributed by atoms with Crippen LogP contribution in [0.4, 0.5) is 0 Å². The SMILES string of the molecule is CC(CC(=O)O)CC(=O)NNC(=O)c1cccnc1. The number of hydrogen-bond acceptors (Lipinski definition) is 4. The normalized spacial score (nSPS) is 11.4. The number of hydrogen-bond donors (Lipinski definition) is 3. The Labute approximate surface area is 110 Å². The van der Waals surface area contributed by atoms with Crippen LogP contribution in [0.15, 0.2) is 24.5 Å². The second-order valence-electron chi connectivity index (χ2n) is 4.15. The van der Waals surface area contributed by atoms with Crippen molar-refractivity contribution in [3.05, 3.63) is 30.1 Å². The Kier molecular flexibility index (Phi) is 5.46. The van der Waals surface area contributed by atoms with Gasteiger partial charge in [0.15, 0.2) is 0 Å². The molecule has 0 saturated heterocycles. The van der Waals surface area contributed by atoms with E-state index in [9.17, 15) is 14.4 Å². The number of carboxylic acid groups (broad SMARTS) is 1. The van der Waals surface area contributed by atoms with Gasteiger partial charge in [-0.3, -0.25) is 30.2 Å². The van der Waals surface area contributed by atoms with Gasteiger partial charge in [0.2, 0.25) is 5.91 Å². The molecule has 0 saturated carbocycles. The number of carbonyl (C=O) groups excluding carboxylic acids is 2. The highest BCUT2D eigenvalue weighted by atomic mass is 16.4. The van der Waals surface area contributed by atoms with Gasteiger partial charge < -0.3 is 5.11 Å². The van der Waals surface area contributed by atoms with Crippen LogP contribution >= 0.6 is 0 Å². The molecule has 0 aromatic carbocycles. The van der Waals surface area contributed by atoms with E-state index in [0.29, 0.717) is 5.56 Å². The summed E-state index contributed by atoms with van der Waals surface area (Å²) in [6.45, 7) is 1.65. The lowest BCUT2D eigenvalue weighted by atomic mass is 10.0. The van der Waals surface area contributed by atoms with Crippen molar-refractivity contribution in [3.8, 4) is 0 Å². The Morgan fingerprint density at radius 1 is 1.32 bits per heavy atom. The molecule has 0 radical (unpaired) electrons. The number of nitrogens with one attached hydrogen (secondary N) is 2. The number of hydrazine groups is 1. The summed E-state index contributed by atoms with van der Waals surface area (Å²) in [7, 11) is 0. The smallest absolute Gasteiger partial charge is 0.303 e. The summed E-state index contributed by atoms with van der Waals surface area (Å²) < 4.78 is 0. The summed E-state index contributed by atoms with van der Waals surface area (Å²) in [5, 5.41) is 8.56. The van der Waals surface area contributed by atoms with E-state index < -0.39 is 17.8 Å². The van der Waals surface area contributed by atoms with Gasteiger partial charge in [0.25, 0.3) is 5.91 Å². The van der Waals surface area contributed by atoms with Gasteiger partial charge in [-0.1, -0.05) is 6.92 Å². The van der Waals surface area contributed by atoms with Crippen LogP contribution in [0.5, 0.6) is 0 Å².